The van der Waals surface area contributed by atoms with E-state index < -0.39 is 6.10 Å². The van der Waals surface area contributed by atoms with Gasteiger partial charge in [-0.2, -0.15) is 0 Å². The number of hydrogen-bond donors (Lipinski definition) is 2. The van der Waals surface area contributed by atoms with E-state index in [-0.39, 0.29) is 17.7 Å². The van der Waals surface area contributed by atoms with Gasteiger partial charge in [0.05, 0.1) is 5.92 Å². The number of hydrogen-bond acceptors (Lipinski definition) is 4. The number of nitrogens with two attached hydrogens (primary N) is 1. The topological polar surface area (TPSA) is 84.7 Å². The van der Waals surface area contributed by atoms with Gasteiger partial charge in [0, 0.05) is 26.2 Å². The first-order chi connectivity index (χ1) is 12.4. The second kappa shape index (κ2) is 9.57. The lowest BCUT2D eigenvalue weighted by Crippen LogP contribution is -2.49. The lowest BCUT2D eigenvalue weighted by atomic mass is 9.96. The number of carbonyl (C=O) groups excluding carboxylic acids is 2. The lowest BCUT2D eigenvalue weighted by molar-refractivity contribution is -0.141. The molecule has 1 saturated heterocycles. The molecular formula is C20H31N3O3. The van der Waals surface area contributed by atoms with Crippen LogP contribution in [0, 0.1) is 5.92 Å². The Labute approximate surface area is 156 Å². The zero-order valence-corrected chi connectivity index (χ0v) is 16.0. The van der Waals surface area contributed by atoms with Crippen molar-refractivity contribution in [3.8, 4) is 5.75 Å². The summed E-state index contributed by atoms with van der Waals surface area (Å²) >= 11 is 0. The Morgan fingerprint density at radius 2 is 2.12 bits per heavy atom. The highest BCUT2D eigenvalue weighted by molar-refractivity contribution is 5.83. The minimum Gasteiger partial charge on any atom is -0.481 e. The fourth-order valence-electron chi connectivity index (χ4n) is 3.19. The van der Waals surface area contributed by atoms with Crippen LogP contribution in [-0.4, -0.2) is 49.0 Å². The molecule has 6 nitrogen and oxygen atoms in total. The average Bonchev–Trinajstić information content (AvgIpc) is 2.65. The number of carbonyl (C=O) groups is 2. The van der Waals surface area contributed by atoms with Crippen LogP contribution < -0.4 is 15.8 Å². The molecule has 2 atom stereocenters. The van der Waals surface area contributed by atoms with Crippen LogP contribution in [0.2, 0.25) is 0 Å². The van der Waals surface area contributed by atoms with Gasteiger partial charge in [-0.3, -0.25) is 9.59 Å². The molecule has 26 heavy (non-hydrogen) atoms. The Bertz CT molecular complexity index is 618. The molecular weight excluding hydrogens is 330 g/mol. The third-order valence-electron chi connectivity index (χ3n) is 4.73. The first-order valence-electron chi connectivity index (χ1n) is 9.45. The van der Waals surface area contributed by atoms with Crippen LogP contribution in [0.5, 0.6) is 5.75 Å². The van der Waals surface area contributed by atoms with Gasteiger partial charge in [0.1, 0.15) is 5.75 Å². The molecule has 2 unspecified atom stereocenters. The van der Waals surface area contributed by atoms with Crippen molar-refractivity contribution in [3.05, 3.63) is 29.8 Å². The third kappa shape index (κ3) is 5.46. The molecule has 0 spiro atoms. The Kier molecular flexibility index (Phi) is 7.45. The second-order valence-corrected chi connectivity index (χ2v) is 7.19. The summed E-state index contributed by atoms with van der Waals surface area (Å²) in [6, 6.07) is 7.85. The van der Waals surface area contributed by atoms with Crippen molar-refractivity contribution >= 4 is 11.8 Å². The number of benzene rings is 1. The van der Waals surface area contributed by atoms with E-state index in [1.807, 2.05) is 18.2 Å². The Morgan fingerprint density at radius 3 is 2.81 bits per heavy atom. The smallest absolute Gasteiger partial charge is 0.263 e. The van der Waals surface area contributed by atoms with Crippen LogP contribution in [0.3, 0.4) is 0 Å². The van der Waals surface area contributed by atoms with Gasteiger partial charge in [0.15, 0.2) is 6.10 Å². The number of amides is 2. The molecule has 2 amide bonds. The Hall–Kier alpha value is -2.08. The molecule has 3 N–H and O–H groups in total. The molecule has 1 aromatic rings. The first-order valence-corrected chi connectivity index (χ1v) is 9.45. The van der Waals surface area contributed by atoms with Crippen LogP contribution in [0.1, 0.15) is 45.1 Å². The van der Waals surface area contributed by atoms with Gasteiger partial charge in [0.2, 0.25) is 5.91 Å². The Morgan fingerprint density at radius 1 is 1.35 bits per heavy atom. The average molecular weight is 361 g/mol. The van der Waals surface area contributed by atoms with E-state index in [0.29, 0.717) is 37.8 Å². The number of nitrogens with one attached hydrogen (secondary N) is 1. The Balaban J connectivity index is 1.94. The van der Waals surface area contributed by atoms with Crippen molar-refractivity contribution in [1.82, 2.24) is 10.2 Å². The molecule has 1 aliphatic rings. The van der Waals surface area contributed by atoms with Gasteiger partial charge >= 0.3 is 0 Å². The molecule has 0 radical (unpaired) electrons. The summed E-state index contributed by atoms with van der Waals surface area (Å²) < 4.78 is 5.87. The lowest BCUT2D eigenvalue weighted by Gasteiger charge is -2.33. The first kappa shape index (κ1) is 20.2. The molecule has 144 valence electrons. The van der Waals surface area contributed by atoms with Crippen molar-refractivity contribution in [1.29, 1.82) is 0 Å². The maximum atomic E-state index is 12.8. The predicted molar refractivity (Wildman–Crippen MR) is 102 cm³/mol. The molecule has 2 rings (SSSR count). The summed E-state index contributed by atoms with van der Waals surface area (Å²) in [5, 5.41) is 2.81. The molecule has 6 heteroatoms. The zero-order valence-electron chi connectivity index (χ0n) is 16.0. The molecule has 0 saturated carbocycles. The number of ether oxygens (including phenoxy) is 1. The van der Waals surface area contributed by atoms with Crippen LogP contribution in [-0.2, 0) is 9.59 Å². The van der Waals surface area contributed by atoms with Gasteiger partial charge in [-0.05, 0) is 43.4 Å². The van der Waals surface area contributed by atoms with Crippen molar-refractivity contribution in [3.63, 3.8) is 0 Å². The summed E-state index contributed by atoms with van der Waals surface area (Å²) in [4.78, 5) is 26.6. The van der Waals surface area contributed by atoms with E-state index >= 15 is 0 Å². The van der Waals surface area contributed by atoms with Gasteiger partial charge < -0.3 is 20.7 Å². The molecule has 0 aromatic heterocycles. The normalized spacial score (nSPS) is 18.5. The minimum absolute atomic E-state index is 0.0221. The summed E-state index contributed by atoms with van der Waals surface area (Å²) in [5.41, 5.74) is 6.61. The van der Waals surface area contributed by atoms with Gasteiger partial charge in [0.25, 0.3) is 5.91 Å². The molecule has 1 heterocycles. The summed E-state index contributed by atoms with van der Waals surface area (Å²) in [7, 11) is 0. The quantitative estimate of drug-likeness (QED) is 0.777. The molecule has 0 aliphatic carbocycles. The monoisotopic (exact) mass is 361 g/mol. The number of piperidine rings is 1. The predicted octanol–water partition coefficient (Wildman–Crippen LogP) is 1.89. The molecule has 1 aromatic carbocycles. The highest BCUT2D eigenvalue weighted by Gasteiger charge is 2.31. The number of rotatable bonds is 7. The van der Waals surface area contributed by atoms with E-state index in [9.17, 15) is 9.59 Å². The SMILES string of the molecule is CC(Oc1cccc(C(C)C)c1)C(=O)N1CCCC(C(=O)NCCN)C1. The number of nitrogens with zero attached hydrogens (tertiary/aromatic N) is 1. The van der Waals surface area contributed by atoms with Crippen molar-refractivity contribution < 1.29 is 14.3 Å². The molecule has 1 fully saturated rings. The van der Waals surface area contributed by atoms with Gasteiger partial charge in [-0.1, -0.05) is 26.0 Å². The highest BCUT2D eigenvalue weighted by atomic mass is 16.5. The number of likely N-dealkylation sites (tertiary alicyclic amines) is 1. The standard InChI is InChI=1S/C20H31N3O3/c1-14(2)16-6-4-8-18(12-16)26-15(3)20(25)23-11-5-7-17(13-23)19(24)22-10-9-21/h4,6,8,12,14-15,17H,5,7,9-11,13,21H2,1-3H3,(H,22,24). The maximum absolute atomic E-state index is 12.8. The van der Waals surface area contributed by atoms with E-state index in [0.717, 1.165) is 12.8 Å². The summed E-state index contributed by atoms with van der Waals surface area (Å²) in [6.07, 6.45) is 1.04. The third-order valence-corrected chi connectivity index (χ3v) is 4.73. The van der Waals surface area contributed by atoms with Crippen LogP contribution in [0.15, 0.2) is 24.3 Å². The largest absolute Gasteiger partial charge is 0.481 e. The van der Waals surface area contributed by atoms with Gasteiger partial charge in [-0.25, -0.2) is 0 Å². The van der Waals surface area contributed by atoms with Crippen LogP contribution in [0.4, 0.5) is 0 Å². The van der Waals surface area contributed by atoms with Crippen molar-refractivity contribution in [2.45, 2.75) is 45.6 Å². The minimum atomic E-state index is -0.580. The van der Waals surface area contributed by atoms with Crippen molar-refractivity contribution in [2.75, 3.05) is 26.2 Å². The molecule has 1 aliphatic heterocycles. The van der Waals surface area contributed by atoms with E-state index in [2.05, 4.69) is 25.2 Å². The fourth-order valence-corrected chi connectivity index (χ4v) is 3.19. The van der Waals surface area contributed by atoms with E-state index in [1.165, 1.54) is 5.56 Å². The van der Waals surface area contributed by atoms with Crippen LogP contribution in [0.25, 0.3) is 0 Å². The summed E-state index contributed by atoms with van der Waals surface area (Å²) in [6.45, 7) is 8.00. The maximum Gasteiger partial charge on any atom is 0.263 e. The van der Waals surface area contributed by atoms with E-state index in [1.54, 1.807) is 11.8 Å². The van der Waals surface area contributed by atoms with Gasteiger partial charge in [-0.15, -0.1) is 0 Å². The van der Waals surface area contributed by atoms with E-state index in [4.69, 9.17) is 10.5 Å². The van der Waals surface area contributed by atoms with Crippen LogP contribution >= 0.6 is 0 Å². The molecule has 0 bridgehead atoms. The highest BCUT2D eigenvalue weighted by Crippen LogP contribution is 2.22. The van der Waals surface area contributed by atoms with Crippen molar-refractivity contribution in [2.24, 2.45) is 11.7 Å². The summed E-state index contributed by atoms with van der Waals surface area (Å²) in [5.74, 6) is 0.837. The fraction of sp³-hybridized carbons (Fsp3) is 0.600. The zero-order chi connectivity index (χ0) is 19.1. The second-order valence-electron chi connectivity index (χ2n) is 7.19.